The number of rotatable bonds is 5. The SMILES string of the molecule is Cc1nc(N=C(c2ccccc2)c2ccccc2)sc1-c1cc(C(C)(C)C(F)(F)F)oc(=O)c1. The number of hydrogen-bond acceptors (Lipinski definition) is 5. The summed E-state index contributed by atoms with van der Waals surface area (Å²) in [6.07, 6.45) is -4.58. The van der Waals surface area contributed by atoms with Crippen LogP contribution in [0.5, 0.6) is 0 Å². The molecule has 0 atom stereocenters. The summed E-state index contributed by atoms with van der Waals surface area (Å²) in [6.45, 7) is 3.70. The van der Waals surface area contributed by atoms with Gasteiger partial charge in [-0.15, -0.1) is 0 Å². The Bertz CT molecular complexity index is 1350. The van der Waals surface area contributed by atoms with E-state index < -0.39 is 23.0 Å². The molecule has 174 valence electrons. The Balaban J connectivity index is 1.82. The van der Waals surface area contributed by atoms with Crippen molar-refractivity contribution in [2.75, 3.05) is 0 Å². The summed E-state index contributed by atoms with van der Waals surface area (Å²) < 4.78 is 45.6. The zero-order valence-corrected chi connectivity index (χ0v) is 19.5. The minimum Gasteiger partial charge on any atom is -0.427 e. The molecule has 2 aromatic carbocycles. The molecule has 2 heterocycles. The maximum Gasteiger partial charge on any atom is 0.400 e. The molecule has 4 aromatic rings. The highest BCUT2D eigenvalue weighted by Crippen LogP contribution is 2.42. The van der Waals surface area contributed by atoms with Gasteiger partial charge < -0.3 is 4.42 Å². The van der Waals surface area contributed by atoms with E-state index >= 15 is 0 Å². The summed E-state index contributed by atoms with van der Waals surface area (Å²) in [4.78, 5) is 22.0. The quantitative estimate of drug-likeness (QED) is 0.286. The monoisotopic (exact) mass is 482 g/mol. The number of hydrogen-bond donors (Lipinski definition) is 0. The number of alkyl halides is 3. The summed E-state index contributed by atoms with van der Waals surface area (Å²) in [5, 5.41) is 0.431. The Morgan fingerprint density at radius 2 is 1.50 bits per heavy atom. The van der Waals surface area contributed by atoms with Crippen molar-refractivity contribution in [3.63, 3.8) is 0 Å². The molecule has 0 fully saturated rings. The maximum absolute atomic E-state index is 13.5. The second kappa shape index (κ2) is 9.02. The summed E-state index contributed by atoms with van der Waals surface area (Å²) in [5.41, 5.74) is 0.224. The number of halogens is 3. The molecular formula is C26H21F3N2O2S. The van der Waals surface area contributed by atoms with Crippen molar-refractivity contribution >= 4 is 22.2 Å². The van der Waals surface area contributed by atoms with E-state index in [0.29, 0.717) is 27.0 Å². The van der Waals surface area contributed by atoms with Gasteiger partial charge in [0.15, 0.2) is 0 Å². The van der Waals surface area contributed by atoms with E-state index in [1.807, 2.05) is 60.7 Å². The van der Waals surface area contributed by atoms with Gasteiger partial charge in [0.25, 0.3) is 0 Å². The summed E-state index contributed by atoms with van der Waals surface area (Å²) in [7, 11) is 0. The molecule has 4 nitrogen and oxygen atoms in total. The number of aryl methyl sites for hydroxylation is 1. The molecule has 8 heteroatoms. The zero-order chi connectivity index (χ0) is 24.5. The Morgan fingerprint density at radius 3 is 2.03 bits per heavy atom. The third-order valence-corrected chi connectivity index (χ3v) is 6.54. The molecule has 0 radical (unpaired) electrons. The van der Waals surface area contributed by atoms with Crippen molar-refractivity contribution in [1.29, 1.82) is 0 Å². The minimum atomic E-state index is -4.58. The first-order valence-electron chi connectivity index (χ1n) is 10.5. The lowest BCUT2D eigenvalue weighted by Crippen LogP contribution is -2.37. The normalized spacial score (nSPS) is 11.9. The first kappa shape index (κ1) is 23.6. The number of thiazole rings is 1. The molecule has 0 bridgehead atoms. The second-order valence-corrected chi connectivity index (χ2v) is 9.23. The molecule has 0 aliphatic carbocycles. The van der Waals surface area contributed by atoms with Crippen LogP contribution in [0.2, 0.25) is 0 Å². The average Bonchev–Trinajstić information content (AvgIpc) is 3.17. The molecule has 0 spiro atoms. The standard InChI is InChI=1S/C26H21F3N2O2S/c1-16-23(19-14-20(33-21(32)15-19)25(2,3)26(27,28)29)34-24(30-16)31-22(17-10-6-4-7-11-17)18-12-8-5-9-13-18/h4-15H,1-3H3. The Morgan fingerprint density at radius 1 is 0.941 bits per heavy atom. The fourth-order valence-electron chi connectivity index (χ4n) is 3.34. The maximum atomic E-state index is 13.5. The van der Waals surface area contributed by atoms with Crippen molar-refractivity contribution in [1.82, 2.24) is 4.98 Å². The third kappa shape index (κ3) is 4.72. The second-order valence-electron chi connectivity index (χ2n) is 8.26. The highest BCUT2D eigenvalue weighted by Gasteiger charge is 2.50. The molecule has 2 aromatic heterocycles. The Labute approximate surface area is 198 Å². The van der Waals surface area contributed by atoms with Crippen LogP contribution in [-0.4, -0.2) is 16.9 Å². The van der Waals surface area contributed by atoms with E-state index in [4.69, 9.17) is 9.41 Å². The summed E-state index contributed by atoms with van der Waals surface area (Å²) in [6, 6.07) is 21.7. The van der Waals surface area contributed by atoms with Gasteiger partial charge in [-0.25, -0.2) is 14.8 Å². The average molecular weight is 483 g/mol. The van der Waals surface area contributed by atoms with Crippen molar-refractivity contribution in [2.24, 2.45) is 4.99 Å². The van der Waals surface area contributed by atoms with Gasteiger partial charge in [-0.2, -0.15) is 13.2 Å². The van der Waals surface area contributed by atoms with Crippen molar-refractivity contribution in [2.45, 2.75) is 32.4 Å². The van der Waals surface area contributed by atoms with Gasteiger partial charge >= 0.3 is 11.8 Å². The van der Waals surface area contributed by atoms with Gasteiger partial charge in [0, 0.05) is 22.8 Å². The lowest BCUT2D eigenvalue weighted by atomic mass is 9.88. The molecule has 0 unspecified atom stereocenters. The highest BCUT2D eigenvalue weighted by molar-refractivity contribution is 7.18. The summed E-state index contributed by atoms with van der Waals surface area (Å²) >= 11 is 1.21. The van der Waals surface area contributed by atoms with Crippen molar-refractivity contribution < 1.29 is 17.6 Å². The van der Waals surface area contributed by atoms with Crippen LogP contribution in [-0.2, 0) is 5.41 Å². The van der Waals surface area contributed by atoms with Crippen molar-refractivity contribution in [3.8, 4) is 10.4 Å². The van der Waals surface area contributed by atoms with Gasteiger partial charge in [-0.05, 0) is 26.8 Å². The van der Waals surface area contributed by atoms with Crippen LogP contribution in [0.3, 0.4) is 0 Å². The highest BCUT2D eigenvalue weighted by atomic mass is 32.1. The Hall–Kier alpha value is -3.52. The number of nitrogens with zero attached hydrogens (tertiary/aromatic N) is 2. The van der Waals surface area contributed by atoms with Gasteiger partial charge in [-0.1, -0.05) is 72.0 Å². The molecular weight excluding hydrogens is 461 g/mol. The van der Waals surface area contributed by atoms with Crippen molar-refractivity contribution in [3.05, 3.63) is 106 Å². The van der Waals surface area contributed by atoms with E-state index in [2.05, 4.69) is 4.98 Å². The largest absolute Gasteiger partial charge is 0.427 e. The Kier molecular flexibility index (Phi) is 6.27. The molecule has 0 saturated heterocycles. The molecule has 0 aliphatic rings. The van der Waals surface area contributed by atoms with Crippen LogP contribution in [0, 0.1) is 6.92 Å². The molecule has 0 aliphatic heterocycles. The molecule has 0 amide bonds. The zero-order valence-electron chi connectivity index (χ0n) is 18.7. The first-order valence-corrected chi connectivity index (χ1v) is 11.3. The molecule has 0 saturated carbocycles. The lowest BCUT2D eigenvalue weighted by Gasteiger charge is -2.26. The van der Waals surface area contributed by atoms with Gasteiger partial charge in [0.05, 0.1) is 16.3 Å². The van der Waals surface area contributed by atoms with Crippen LogP contribution in [0.4, 0.5) is 18.3 Å². The van der Waals surface area contributed by atoms with Crippen LogP contribution in [0.25, 0.3) is 10.4 Å². The molecule has 0 N–H and O–H groups in total. The van der Waals surface area contributed by atoms with Gasteiger partial charge in [0.2, 0.25) is 5.13 Å². The predicted molar refractivity (Wildman–Crippen MR) is 128 cm³/mol. The summed E-state index contributed by atoms with van der Waals surface area (Å²) in [5.74, 6) is -0.449. The van der Waals surface area contributed by atoms with E-state index in [-0.39, 0.29) is 0 Å². The number of benzene rings is 2. The first-order chi connectivity index (χ1) is 16.1. The van der Waals surface area contributed by atoms with E-state index in [0.717, 1.165) is 25.0 Å². The van der Waals surface area contributed by atoms with E-state index in [1.54, 1.807) is 6.92 Å². The van der Waals surface area contributed by atoms with Gasteiger partial charge in [0.1, 0.15) is 11.2 Å². The lowest BCUT2D eigenvalue weighted by molar-refractivity contribution is -0.185. The third-order valence-electron chi connectivity index (χ3n) is 5.44. The molecule has 4 rings (SSSR count). The number of aliphatic imine (C=N–C) groups is 1. The molecule has 34 heavy (non-hydrogen) atoms. The van der Waals surface area contributed by atoms with Crippen LogP contribution in [0.15, 0.2) is 87.0 Å². The number of aromatic nitrogens is 1. The van der Waals surface area contributed by atoms with Crippen LogP contribution < -0.4 is 5.63 Å². The minimum absolute atomic E-state index is 0.320. The van der Waals surface area contributed by atoms with Crippen LogP contribution in [0.1, 0.15) is 36.4 Å². The van der Waals surface area contributed by atoms with E-state index in [1.165, 1.54) is 23.5 Å². The van der Waals surface area contributed by atoms with Gasteiger partial charge in [-0.3, -0.25) is 0 Å². The van der Waals surface area contributed by atoms with Crippen LogP contribution >= 0.6 is 11.3 Å². The fourth-order valence-corrected chi connectivity index (χ4v) is 4.27. The van der Waals surface area contributed by atoms with E-state index in [9.17, 15) is 18.0 Å². The predicted octanol–water partition coefficient (Wildman–Crippen LogP) is 7.08. The topological polar surface area (TPSA) is 55.5 Å². The smallest absolute Gasteiger partial charge is 0.400 e. The fraction of sp³-hybridized carbons (Fsp3) is 0.192.